The van der Waals surface area contributed by atoms with Crippen LogP contribution in [-0.2, 0) is 10.0 Å². The molecular weight excluding hydrogens is 470 g/mol. The predicted octanol–water partition coefficient (Wildman–Crippen LogP) is 2.37. The summed E-state index contributed by atoms with van der Waals surface area (Å²) in [4.78, 5) is 30.1. The number of aromatic carboxylic acids is 1. The molecule has 1 fully saturated rings. The van der Waals surface area contributed by atoms with Gasteiger partial charge in [-0.15, -0.1) is 0 Å². The number of carbonyl (C=O) groups is 2. The third-order valence-corrected chi connectivity index (χ3v) is 7.75. The standard InChI is InChI=1S/C24H27N5O5S/c1-17-15-22(20-7-2-3-8-21(20)26-17)27-24(32)25-9-10-28-11-13-29(14-12-28)35(33,34)19-6-4-5-18(16-19)23(30)31/h2-8,15-16H,9-14H2,1H3,(H,30,31)(H2,25,26,27,32). The third kappa shape index (κ3) is 5.76. The summed E-state index contributed by atoms with van der Waals surface area (Å²) in [6.45, 7) is 4.44. The first-order valence-corrected chi connectivity index (χ1v) is 12.6. The van der Waals surface area contributed by atoms with Gasteiger partial charge in [0.15, 0.2) is 0 Å². The van der Waals surface area contributed by atoms with Crippen LogP contribution in [0.2, 0.25) is 0 Å². The molecule has 11 heteroatoms. The number of aryl methyl sites for hydroxylation is 1. The van der Waals surface area contributed by atoms with Gasteiger partial charge < -0.3 is 15.7 Å². The molecule has 0 radical (unpaired) electrons. The van der Waals surface area contributed by atoms with Gasteiger partial charge in [-0.2, -0.15) is 4.31 Å². The number of carboxylic acids is 1. The highest BCUT2D eigenvalue weighted by atomic mass is 32.2. The second kappa shape index (κ2) is 10.4. The van der Waals surface area contributed by atoms with Crippen molar-refractivity contribution in [3.63, 3.8) is 0 Å². The Morgan fingerprint density at radius 1 is 1.03 bits per heavy atom. The predicted molar refractivity (Wildman–Crippen MR) is 132 cm³/mol. The van der Waals surface area contributed by atoms with Crippen LogP contribution in [0.15, 0.2) is 59.5 Å². The minimum Gasteiger partial charge on any atom is -0.478 e. The molecule has 1 aromatic heterocycles. The number of pyridine rings is 1. The van der Waals surface area contributed by atoms with Crippen molar-refractivity contribution in [3.05, 3.63) is 65.9 Å². The van der Waals surface area contributed by atoms with Crippen molar-refractivity contribution in [2.24, 2.45) is 0 Å². The maximum Gasteiger partial charge on any atom is 0.335 e. The van der Waals surface area contributed by atoms with Crippen LogP contribution in [0, 0.1) is 6.92 Å². The van der Waals surface area contributed by atoms with E-state index in [4.69, 9.17) is 5.11 Å². The monoisotopic (exact) mass is 497 g/mol. The number of benzene rings is 2. The number of aromatic nitrogens is 1. The Hall–Kier alpha value is -3.54. The maximum atomic E-state index is 12.9. The number of hydrogen-bond acceptors (Lipinski definition) is 6. The first kappa shape index (κ1) is 24.6. The average molecular weight is 498 g/mol. The van der Waals surface area contributed by atoms with Crippen molar-refractivity contribution in [3.8, 4) is 0 Å². The Kier molecular flexibility index (Phi) is 7.29. The van der Waals surface area contributed by atoms with E-state index in [-0.39, 0.29) is 29.6 Å². The van der Waals surface area contributed by atoms with Gasteiger partial charge in [0.2, 0.25) is 10.0 Å². The minimum absolute atomic E-state index is 0.0249. The molecule has 0 spiro atoms. The SMILES string of the molecule is Cc1cc(NC(=O)NCCN2CCN(S(=O)(=O)c3cccc(C(=O)O)c3)CC2)c2ccccc2n1. The third-order valence-electron chi connectivity index (χ3n) is 5.86. The molecule has 10 nitrogen and oxygen atoms in total. The number of nitrogens with zero attached hydrogens (tertiary/aromatic N) is 3. The van der Waals surface area contributed by atoms with Crippen LogP contribution in [0.4, 0.5) is 10.5 Å². The van der Waals surface area contributed by atoms with Crippen LogP contribution in [0.1, 0.15) is 16.1 Å². The zero-order valence-corrected chi connectivity index (χ0v) is 20.1. The largest absolute Gasteiger partial charge is 0.478 e. The van der Waals surface area contributed by atoms with E-state index in [2.05, 4.69) is 20.5 Å². The number of fused-ring (bicyclic) bond motifs is 1. The minimum atomic E-state index is -3.77. The molecule has 2 aromatic carbocycles. The topological polar surface area (TPSA) is 132 Å². The average Bonchev–Trinajstić information content (AvgIpc) is 2.84. The summed E-state index contributed by atoms with van der Waals surface area (Å²) in [6.07, 6.45) is 0. The van der Waals surface area contributed by atoms with Crippen LogP contribution in [-0.4, -0.2) is 79.0 Å². The van der Waals surface area contributed by atoms with Gasteiger partial charge in [0.25, 0.3) is 0 Å². The number of nitrogens with one attached hydrogen (secondary N) is 2. The van der Waals surface area contributed by atoms with E-state index < -0.39 is 16.0 Å². The Labute approximate surface area is 203 Å². The van der Waals surface area contributed by atoms with Crippen LogP contribution < -0.4 is 10.6 Å². The summed E-state index contributed by atoms with van der Waals surface area (Å²) < 4.78 is 27.2. The fourth-order valence-corrected chi connectivity index (χ4v) is 5.51. The van der Waals surface area contributed by atoms with Crippen molar-refractivity contribution >= 4 is 38.6 Å². The zero-order chi connectivity index (χ0) is 25.0. The van der Waals surface area contributed by atoms with Gasteiger partial charge in [-0.1, -0.05) is 24.3 Å². The summed E-state index contributed by atoms with van der Waals surface area (Å²) in [7, 11) is -3.77. The van der Waals surface area contributed by atoms with Crippen LogP contribution in [0.3, 0.4) is 0 Å². The van der Waals surface area contributed by atoms with E-state index in [1.165, 1.54) is 28.6 Å². The molecule has 1 saturated heterocycles. The van der Waals surface area contributed by atoms with Gasteiger partial charge in [-0.05, 0) is 37.3 Å². The lowest BCUT2D eigenvalue weighted by atomic mass is 10.1. The second-order valence-electron chi connectivity index (χ2n) is 8.29. The highest BCUT2D eigenvalue weighted by Gasteiger charge is 2.28. The Balaban J connectivity index is 1.27. The lowest BCUT2D eigenvalue weighted by Gasteiger charge is -2.34. The Morgan fingerprint density at radius 2 is 1.77 bits per heavy atom. The van der Waals surface area contributed by atoms with Gasteiger partial charge in [-0.3, -0.25) is 9.88 Å². The first-order chi connectivity index (χ1) is 16.7. The van der Waals surface area contributed by atoms with Crippen LogP contribution >= 0.6 is 0 Å². The molecular formula is C24H27N5O5S. The molecule has 3 aromatic rings. The van der Waals surface area contributed by atoms with Crippen LogP contribution in [0.25, 0.3) is 10.9 Å². The quantitative estimate of drug-likeness (QED) is 0.457. The van der Waals surface area contributed by atoms with Gasteiger partial charge in [0.1, 0.15) is 0 Å². The maximum absolute atomic E-state index is 12.9. The number of rotatable bonds is 7. The van der Waals surface area contributed by atoms with Crippen molar-refractivity contribution < 1.29 is 23.1 Å². The molecule has 184 valence electrons. The van der Waals surface area contributed by atoms with E-state index in [1.807, 2.05) is 37.3 Å². The molecule has 0 unspecified atom stereocenters. The number of amides is 2. The summed E-state index contributed by atoms with van der Waals surface area (Å²) in [5.41, 5.74) is 2.24. The summed E-state index contributed by atoms with van der Waals surface area (Å²) in [5.74, 6) is -1.17. The molecule has 4 rings (SSSR count). The highest BCUT2D eigenvalue weighted by molar-refractivity contribution is 7.89. The lowest BCUT2D eigenvalue weighted by Crippen LogP contribution is -2.50. The summed E-state index contributed by atoms with van der Waals surface area (Å²) in [5, 5.41) is 15.7. The van der Waals surface area contributed by atoms with Crippen molar-refractivity contribution in [2.75, 3.05) is 44.6 Å². The number of anilines is 1. The number of carboxylic acid groups (broad SMARTS) is 1. The zero-order valence-electron chi connectivity index (χ0n) is 19.3. The van der Waals surface area contributed by atoms with E-state index >= 15 is 0 Å². The van der Waals surface area contributed by atoms with Gasteiger partial charge in [0, 0.05) is 50.3 Å². The number of piperazine rings is 1. The smallest absolute Gasteiger partial charge is 0.335 e. The summed E-state index contributed by atoms with van der Waals surface area (Å²) in [6, 6.07) is 14.5. The number of hydrogen-bond donors (Lipinski definition) is 3. The first-order valence-electron chi connectivity index (χ1n) is 11.2. The van der Waals surface area contributed by atoms with E-state index in [0.29, 0.717) is 31.9 Å². The normalized spacial score (nSPS) is 15.1. The van der Waals surface area contributed by atoms with E-state index in [1.54, 1.807) is 0 Å². The molecule has 3 N–H and O–H groups in total. The number of para-hydroxylation sites is 1. The fourth-order valence-electron chi connectivity index (χ4n) is 4.04. The molecule has 0 atom stereocenters. The Morgan fingerprint density at radius 3 is 2.51 bits per heavy atom. The van der Waals surface area contributed by atoms with Gasteiger partial charge >= 0.3 is 12.0 Å². The number of sulfonamides is 1. The molecule has 1 aliphatic heterocycles. The van der Waals surface area contributed by atoms with Gasteiger partial charge in [0.05, 0.1) is 21.7 Å². The molecule has 2 heterocycles. The number of urea groups is 1. The molecule has 0 aliphatic carbocycles. The van der Waals surface area contributed by atoms with Crippen molar-refractivity contribution in [1.82, 2.24) is 19.5 Å². The van der Waals surface area contributed by atoms with E-state index in [9.17, 15) is 18.0 Å². The lowest BCUT2D eigenvalue weighted by molar-refractivity contribution is 0.0696. The molecule has 2 amide bonds. The Bertz CT molecular complexity index is 1350. The van der Waals surface area contributed by atoms with Crippen molar-refractivity contribution in [1.29, 1.82) is 0 Å². The summed E-state index contributed by atoms with van der Waals surface area (Å²) >= 11 is 0. The fraction of sp³-hybridized carbons (Fsp3) is 0.292. The highest BCUT2D eigenvalue weighted by Crippen LogP contribution is 2.23. The number of carbonyl (C=O) groups excluding carboxylic acids is 1. The van der Waals surface area contributed by atoms with Crippen LogP contribution in [0.5, 0.6) is 0 Å². The molecule has 0 bridgehead atoms. The van der Waals surface area contributed by atoms with E-state index in [0.717, 1.165) is 16.6 Å². The van der Waals surface area contributed by atoms with Gasteiger partial charge in [-0.25, -0.2) is 18.0 Å². The molecule has 1 aliphatic rings. The molecule has 0 saturated carbocycles. The second-order valence-corrected chi connectivity index (χ2v) is 10.2. The molecule has 35 heavy (non-hydrogen) atoms. The van der Waals surface area contributed by atoms with Crippen molar-refractivity contribution in [2.45, 2.75) is 11.8 Å².